The van der Waals surface area contributed by atoms with Crippen LogP contribution in [0.25, 0.3) is 0 Å². The van der Waals surface area contributed by atoms with Crippen LogP contribution in [-0.4, -0.2) is 65.7 Å². The molecule has 1 atom stereocenters. The molecule has 1 amide bonds. The third kappa shape index (κ3) is 4.39. The summed E-state index contributed by atoms with van der Waals surface area (Å²) in [6.07, 6.45) is 5.53. The number of nitrogens with one attached hydrogen (secondary N) is 1. The van der Waals surface area contributed by atoms with Gasteiger partial charge in [0.05, 0.1) is 43.3 Å². The zero-order valence-electron chi connectivity index (χ0n) is 14.9. The molecule has 0 bridgehead atoms. The van der Waals surface area contributed by atoms with Gasteiger partial charge < -0.3 is 5.32 Å². The molecule has 3 rings (SSSR count). The fourth-order valence-electron chi connectivity index (χ4n) is 3.55. The van der Waals surface area contributed by atoms with Crippen LogP contribution in [-0.2, 0) is 34.5 Å². The molecular formula is C16H27N5O3S. The molecule has 1 N–H and O–H groups in total. The fourth-order valence-corrected chi connectivity index (χ4v) is 4.33. The van der Waals surface area contributed by atoms with E-state index in [-0.39, 0.29) is 11.9 Å². The number of likely N-dealkylation sites (N-methyl/N-ethyl adjacent to an activating group) is 1. The van der Waals surface area contributed by atoms with E-state index < -0.39 is 10.0 Å². The van der Waals surface area contributed by atoms with Crippen molar-refractivity contribution in [3.05, 3.63) is 17.5 Å². The number of carbonyl (C=O) groups excluding carboxylic acids is 1. The lowest BCUT2D eigenvalue weighted by Crippen LogP contribution is -2.44. The summed E-state index contributed by atoms with van der Waals surface area (Å²) in [7, 11) is -1.19. The minimum absolute atomic E-state index is 0.0492. The molecule has 2 aliphatic rings. The van der Waals surface area contributed by atoms with Crippen LogP contribution in [0.4, 0.5) is 0 Å². The summed E-state index contributed by atoms with van der Waals surface area (Å²) in [5.41, 5.74) is 1.64. The van der Waals surface area contributed by atoms with Gasteiger partial charge in [-0.2, -0.15) is 9.40 Å². The van der Waals surface area contributed by atoms with E-state index in [0.717, 1.165) is 37.2 Å². The number of hydrogen-bond donors (Lipinski definition) is 1. The van der Waals surface area contributed by atoms with Crippen LogP contribution in [0.15, 0.2) is 6.07 Å². The second kappa shape index (κ2) is 7.43. The highest BCUT2D eigenvalue weighted by Gasteiger charge is 2.26. The average molecular weight is 369 g/mol. The summed E-state index contributed by atoms with van der Waals surface area (Å²) in [5.74, 6) is 0.0492. The van der Waals surface area contributed by atoms with Gasteiger partial charge in [-0.25, -0.2) is 8.42 Å². The Morgan fingerprint density at radius 2 is 2.08 bits per heavy atom. The molecule has 1 aromatic heterocycles. The van der Waals surface area contributed by atoms with Crippen LogP contribution in [0, 0.1) is 0 Å². The first-order valence-corrected chi connectivity index (χ1v) is 10.7. The molecular weight excluding hydrogens is 342 g/mol. The standard InChI is InChI=1S/C16H27N5O3S/c1-19-7-5-3-4-6-15(19)16(22)17-11-13-10-14-12-20(25(2,23)24)8-9-21(14)18-13/h10,15H,3-9,11-12H2,1-2H3,(H,17,22)/t15-/m0/s1. The molecule has 1 fully saturated rings. The van der Waals surface area contributed by atoms with Crippen molar-refractivity contribution < 1.29 is 13.2 Å². The SMILES string of the molecule is CN1CCCCC[C@H]1C(=O)NCc1cc2n(n1)CCN(S(C)(=O)=O)C2. The first kappa shape index (κ1) is 18.3. The van der Waals surface area contributed by atoms with E-state index in [2.05, 4.69) is 15.3 Å². The number of fused-ring (bicyclic) bond motifs is 1. The molecule has 0 spiro atoms. The lowest BCUT2D eigenvalue weighted by Gasteiger charge is -2.25. The van der Waals surface area contributed by atoms with Crippen LogP contribution in [0.5, 0.6) is 0 Å². The lowest BCUT2D eigenvalue weighted by atomic mass is 10.1. The maximum atomic E-state index is 12.5. The molecule has 9 heteroatoms. The number of rotatable bonds is 4. The molecule has 1 saturated heterocycles. The van der Waals surface area contributed by atoms with Gasteiger partial charge in [-0.15, -0.1) is 0 Å². The predicted molar refractivity (Wildman–Crippen MR) is 94.2 cm³/mol. The summed E-state index contributed by atoms with van der Waals surface area (Å²) in [6.45, 7) is 2.65. The summed E-state index contributed by atoms with van der Waals surface area (Å²) in [5, 5.41) is 7.48. The van der Waals surface area contributed by atoms with Gasteiger partial charge in [-0.05, 0) is 32.5 Å². The first-order chi connectivity index (χ1) is 11.8. The zero-order chi connectivity index (χ0) is 18.0. The Hall–Kier alpha value is -1.45. The van der Waals surface area contributed by atoms with Gasteiger partial charge in [0.1, 0.15) is 0 Å². The Balaban J connectivity index is 1.59. The van der Waals surface area contributed by atoms with E-state index in [1.54, 1.807) is 0 Å². The molecule has 140 valence electrons. The molecule has 0 aliphatic carbocycles. The van der Waals surface area contributed by atoms with E-state index >= 15 is 0 Å². The van der Waals surface area contributed by atoms with Gasteiger partial charge in [-0.1, -0.05) is 12.8 Å². The van der Waals surface area contributed by atoms with Crippen molar-refractivity contribution in [2.24, 2.45) is 0 Å². The Morgan fingerprint density at radius 1 is 1.28 bits per heavy atom. The number of aromatic nitrogens is 2. The number of amides is 1. The normalized spacial score (nSPS) is 23.0. The molecule has 0 aromatic carbocycles. The molecule has 2 aliphatic heterocycles. The van der Waals surface area contributed by atoms with Crippen LogP contribution >= 0.6 is 0 Å². The maximum absolute atomic E-state index is 12.5. The fraction of sp³-hybridized carbons (Fsp3) is 0.750. The summed E-state index contributed by atoms with van der Waals surface area (Å²) < 4.78 is 26.7. The van der Waals surface area contributed by atoms with Crippen molar-refractivity contribution in [3.8, 4) is 0 Å². The van der Waals surface area contributed by atoms with E-state index in [1.807, 2.05) is 17.8 Å². The third-order valence-corrected chi connectivity index (χ3v) is 6.30. The Labute approximate surface area is 149 Å². The van der Waals surface area contributed by atoms with E-state index in [9.17, 15) is 13.2 Å². The molecule has 1 aromatic rings. The second-order valence-corrected chi connectivity index (χ2v) is 8.99. The second-order valence-electron chi connectivity index (χ2n) is 7.01. The highest BCUT2D eigenvalue weighted by atomic mass is 32.2. The highest BCUT2D eigenvalue weighted by molar-refractivity contribution is 7.88. The van der Waals surface area contributed by atoms with Crippen molar-refractivity contribution >= 4 is 15.9 Å². The Bertz CT molecular complexity index is 730. The molecule has 0 radical (unpaired) electrons. The van der Waals surface area contributed by atoms with Gasteiger partial charge in [0, 0.05) is 6.54 Å². The predicted octanol–water partition coefficient (Wildman–Crippen LogP) is 0.149. The van der Waals surface area contributed by atoms with Crippen molar-refractivity contribution in [3.63, 3.8) is 0 Å². The highest BCUT2D eigenvalue weighted by Crippen LogP contribution is 2.17. The third-order valence-electron chi connectivity index (χ3n) is 5.05. The molecule has 0 unspecified atom stereocenters. The smallest absolute Gasteiger partial charge is 0.237 e. The van der Waals surface area contributed by atoms with Crippen LogP contribution < -0.4 is 5.32 Å². The van der Waals surface area contributed by atoms with Crippen molar-refractivity contribution in [2.75, 3.05) is 26.4 Å². The van der Waals surface area contributed by atoms with Crippen molar-refractivity contribution in [1.29, 1.82) is 0 Å². The topological polar surface area (TPSA) is 87.5 Å². The van der Waals surface area contributed by atoms with E-state index in [1.165, 1.54) is 17.0 Å². The quantitative estimate of drug-likeness (QED) is 0.816. The zero-order valence-corrected chi connectivity index (χ0v) is 15.8. The van der Waals surface area contributed by atoms with Crippen LogP contribution in [0.1, 0.15) is 37.1 Å². The summed E-state index contributed by atoms with van der Waals surface area (Å²) in [4.78, 5) is 14.6. The van der Waals surface area contributed by atoms with Gasteiger partial charge in [0.2, 0.25) is 15.9 Å². The summed E-state index contributed by atoms with van der Waals surface area (Å²) >= 11 is 0. The van der Waals surface area contributed by atoms with Gasteiger partial charge in [-0.3, -0.25) is 14.4 Å². The van der Waals surface area contributed by atoms with Crippen molar-refractivity contribution in [2.45, 2.75) is 51.4 Å². The molecule has 0 saturated carbocycles. The lowest BCUT2D eigenvalue weighted by molar-refractivity contribution is -0.126. The summed E-state index contributed by atoms with van der Waals surface area (Å²) in [6, 6.07) is 1.81. The number of carbonyl (C=O) groups is 1. The van der Waals surface area contributed by atoms with E-state index in [0.29, 0.717) is 26.2 Å². The monoisotopic (exact) mass is 369 g/mol. The first-order valence-electron chi connectivity index (χ1n) is 8.83. The number of hydrogen-bond acceptors (Lipinski definition) is 5. The number of likely N-dealkylation sites (tertiary alicyclic amines) is 1. The van der Waals surface area contributed by atoms with E-state index in [4.69, 9.17) is 0 Å². The maximum Gasteiger partial charge on any atom is 0.237 e. The Morgan fingerprint density at radius 3 is 2.84 bits per heavy atom. The Kier molecular flexibility index (Phi) is 5.45. The van der Waals surface area contributed by atoms with Gasteiger partial charge >= 0.3 is 0 Å². The minimum Gasteiger partial charge on any atom is -0.349 e. The average Bonchev–Trinajstić information content (AvgIpc) is 2.84. The number of nitrogens with zero attached hydrogens (tertiary/aromatic N) is 4. The molecule has 8 nitrogen and oxygen atoms in total. The minimum atomic E-state index is -3.19. The number of sulfonamides is 1. The van der Waals surface area contributed by atoms with Gasteiger partial charge in [0.15, 0.2) is 0 Å². The van der Waals surface area contributed by atoms with Crippen LogP contribution in [0.2, 0.25) is 0 Å². The molecule has 3 heterocycles. The van der Waals surface area contributed by atoms with Gasteiger partial charge in [0.25, 0.3) is 0 Å². The molecule has 25 heavy (non-hydrogen) atoms. The van der Waals surface area contributed by atoms with Crippen LogP contribution in [0.3, 0.4) is 0 Å². The largest absolute Gasteiger partial charge is 0.349 e. The van der Waals surface area contributed by atoms with Crippen molar-refractivity contribution in [1.82, 2.24) is 24.3 Å².